The summed E-state index contributed by atoms with van der Waals surface area (Å²) in [5.41, 5.74) is -1.86. The molecule has 3 saturated carbocycles. The fourth-order valence-electron chi connectivity index (χ4n) is 6.68. The third-order valence-electron chi connectivity index (χ3n) is 8.00. The molecule has 0 amide bonds. The smallest absolute Gasteiger partial charge is 0.336 e. The minimum Gasteiger partial charge on any atom is -0.479 e. The molecule has 3 fully saturated rings. The van der Waals surface area contributed by atoms with Gasteiger partial charge in [-0.2, -0.15) is 0 Å². The van der Waals surface area contributed by atoms with Crippen LogP contribution in [0.1, 0.15) is 46.0 Å². The van der Waals surface area contributed by atoms with Crippen molar-refractivity contribution in [1.29, 1.82) is 0 Å². The third-order valence-corrected chi connectivity index (χ3v) is 8.00. The van der Waals surface area contributed by atoms with Crippen molar-refractivity contribution in [3.63, 3.8) is 0 Å². The van der Waals surface area contributed by atoms with Gasteiger partial charge in [-0.25, -0.2) is 4.79 Å². The van der Waals surface area contributed by atoms with E-state index in [-0.39, 0.29) is 41.8 Å². The van der Waals surface area contributed by atoms with Crippen molar-refractivity contribution in [3.05, 3.63) is 23.8 Å². The number of hydrogen-bond donors (Lipinski definition) is 3. The van der Waals surface area contributed by atoms with E-state index in [0.29, 0.717) is 6.42 Å². The third kappa shape index (κ3) is 1.97. The lowest BCUT2D eigenvalue weighted by molar-refractivity contribution is -0.192. The van der Waals surface area contributed by atoms with E-state index in [1.165, 1.54) is 0 Å². The van der Waals surface area contributed by atoms with Crippen LogP contribution in [-0.2, 0) is 9.59 Å². The maximum atomic E-state index is 11.8. The first-order chi connectivity index (χ1) is 11.6. The number of hydrogen-bond acceptors (Lipinski definition) is 4. The predicted molar refractivity (Wildman–Crippen MR) is 90.6 cm³/mol. The monoisotopic (exact) mass is 346 g/mol. The highest BCUT2D eigenvalue weighted by Crippen LogP contribution is 2.66. The Morgan fingerprint density at radius 1 is 1.28 bits per heavy atom. The zero-order chi connectivity index (χ0) is 18.2. The van der Waals surface area contributed by atoms with Gasteiger partial charge >= 0.3 is 5.97 Å². The Hall–Kier alpha value is -1.46. The van der Waals surface area contributed by atoms with Gasteiger partial charge in [-0.15, -0.1) is 0 Å². The average Bonchev–Trinajstić information content (AvgIpc) is 2.80. The molecular weight excluding hydrogens is 320 g/mol. The van der Waals surface area contributed by atoms with Crippen LogP contribution in [-0.4, -0.2) is 38.8 Å². The molecule has 7 atom stereocenters. The number of ketones is 1. The molecule has 136 valence electrons. The van der Waals surface area contributed by atoms with Gasteiger partial charge in [-0.05, 0) is 56.1 Å². The van der Waals surface area contributed by atoms with Gasteiger partial charge < -0.3 is 15.3 Å². The second-order valence-electron chi connectivity index (χ2n) is 8.92. The van der Waals surface area contributed by atoms with Crippen molar-refractivity contribution in [1.82, 2.24) is 0 Å². The quantitative estimate of drug-likeness (QED) is 0.676. The minimum absolute atomic E-state index is 0.00202. The Morgan fingerprint density at radius 3 is 2.68 bits per heavy atom. The number of aliphatic hydroxyl groups is 2. The number of carbonyl (C=O) groups excluding carboxylic acids is 1. The van der Waals surface area contributed by atoms with Crippen molar-refractivity contribution in [3.8, 4) is 0 Å². The summed E-state index contributed by atoms with van der Waals surface area (Å²) in [5.74, 6) is -0.976. The first-order valence-corrected chi connectivity index (χ1v) is 9.21. The summed E-state index contributed by atoms with van der Waals surface area (Å²) < 4.78 is 0. The number of carboxylic acid groups (broad SMARTS) is 1. The van der Waals surface area contributed by atoms with E-state index in [4.69, 9.17) is 0 Å². The van der Waals surface area contributed by atoms with E-state index in [2.05, 4.69) is 6.92 Å². The first-order valence-electron chi connectivity index (χ1n) is 9.21. The van der Waals surface area contributed by atoms with Crippen molar-refractivity contribution >= 4 is 11.8 Å². The number of carboxylic acids is 1. The molecule has 0 heterocycles. The van der Waals surface area contributed by atoms with E-state index in [1.807, 2.05) is 13.0 Å². The lowest BCUT2D eigenvalue weighted by Crippen LogP contribution is -2.61. The Labute approximate surface area is 147 Å². The van der Waals surface area contributed by atoms with E-state index < -0.39 is 23.1 Å². The van der Waals surface area contributed by atoms with Crippen LogP contribution >= 0.6 is 0 Å². The van der Waals surface area contributed by atoms with Gasteiger partial charge in [-0.1, -0.05) is 25.5 Å². The van der Waals surface area contributed by atoms with Crippen molar-refractivity contribution in [2.75, 3.05) is 0 Å². The summed E-state index contributed by atoms with van der Waals surface area (Å²) in [4.78, 5) is 23.6. The summed E-state index contributed by atoms with van der Waals surface area (Å²) in [6, 6.07) is 0. The Bertz CT molecular complexity index is 709. The first kappa shape index (κ1) is 17.0. The van der Waals surface area contributed by atoms with Gasteiger partial charge in [0.2, 0.25) is 0 Å². The molecule has 4 rings (SSSR count). The van der Waals surface area contributed by atoms with E-state index in [0.717, 1.165) is 18.4 Å². The molecule has 0 radical (unpaired) electrons. The van der Waals surface area contributed by atoms with Gasteiger partial charge in [0, 0.05) is 16.7 Å². The molecule has 3 N–H and O–H groups in total. The summed E-state index contributed by atoms with van der Waals surface area (Å²) in [7, 11) is 0. The van der Waals surface area contributed by atoms with Crippen molar-refractivity contribution < 1.29 is 24.9 Å². The standard InChI is InChI=1S/C20H26O5/c1-18-7-5-12(21)9-11(18)3-4-13-14-6-8-20(25,17(23)24)19(14,2)10-15(22)16(13)18/h5,7,9,13-16,22,25H,3-4,6,8,10H2,1-2H3,(H,23,24)/t13?,14?,15?,16?,18?,19?,20-/m1/s1. The Balaban J connectivity index is 1.76. The number of carbonyl (C=O) groups is 2. The summed E-state index contributed by atoms with van der Waals surface area (Å²) in [5, 5.41) is 31.6. The lowest BCUT2D eigenvalue weighted by atomic mass is 9.46. The van der Waals surface area contributed by atoms with Crippen LogP contribution in [0, 0.1) is 28.6 Å². The van der Waals surface area contributed by atoms with Gasteiger partial charge in [0.15, 0.2) is 11.4 Å². The topological polar surface area (TPSA) is 94.8 Å². The Kier molecular flexibility index (Phi) is 3.42. The van der Waals surface area contributed by atoms with Crippen molar-refractivity contribution in [2.45, 2.75) is 57.7 Å². The molecule has 4 aliphatic carbocycles. The summed E-state index contributed by atoms with van der Waals surface area (Å²) in [6.07, 6.45) is 7.37. The van der Waals surface area contributed by atoms with Gasteiger partial charge in [0.25, 0.3) is 0 Å². The molecule has 0 aliphatic heterocycles. The maximum Gasteiger partial charge on any atom is 0.336 e. The van der Waals surface area contributed by atoms with Crippen LogP contribution < -0.4 is 0 Å². The van der Waals surface area contributed by atoms with Gasteiger partial charge in [0.1, 0.15) is 0 Å². The highest BCUT2D eigenvalue weighted by Gasteiger charge is 2.68. The van der Waals surface area contributed by atoms with Crippen LogP contribution in [0.4, 0.5) is 0 Å². The molecule has 0 spiro atoms. The lowest BCUT2D eigenvalue weighted by Gasteiger charge is -2.59. The molecule has 5 heteroatoms. The molecule has 0 bridgehead atoms. The van der Waals surface area contributed by atoms with E-state index in [1.54, 1.807) is 12.2 Å². The molecule has 4 aliphatic rings. The number of fused-ring (bicyclic) bond motifs is 5. The molecular formula is C20H26O5. The zero-order valence-electron chi connectivity index (χ0n) is 14.7. The Morgan fingerprint density at radius 2 is 2.00 bits per heavy atom. The van der Waals surface area contributed by atoms with Crippen LogP contribution in [0.2, 0.25) is 0 Å². The number of aliphatic hydroxyl groups excluding tert-OH is 1. The van der Waals surface area contributed by atoms with Crippen LogP contribution in [0.25, 0.3) is 0 Å². The molecule has 0 saturated heterocycles. The maximum absolute atomic E-state index is 11.8. The summed E-state index contributed by atoms with van der Waals surface area (Å²) >= 11 is 0. The number of rotatable bonds is 1. The van der Waals surface area contributed by atoms with E-state index in [9.17, 15) is 24.9 Å². The van der Waals surface area contributed by atoms with Gasteiger partial charge in [0.05, 0.1) is 6.10 Å². The number of allylic oxidation sites excluding steroid dienone is 4. The van der Waals surface area contributed by atoms with E-state index >= 15 is 0 Å². The zero-order valence-corrected chi connectivity index (χ0v) is 14.7. The predicted octanol–water partition coefficient (Wildman–Crippen LogP) is 2.08. The minimum atomic E-state index is -1.76. The van der Waals surface area contributed by atoms with Crippen LogP contribution in [0.5, 0.6) is 0 Å². The molecule has 0 aromatic rings. The van der Waals surface area contributed by atoms with Crippen LogP contribution in [0.3, 0.4) is 0 Å². The SMILES string of the molecule is CC12C=CC(=O)C=C1CCC1C2C(O)CC2(C)C1CC[C@@]2(O)C(=O)O. The fraction of sp³-hybridized carbons (Fsp3) is 0.700. The van der Waals surface area contributed by atoms with Crippen LogP contribution in [0.15, 0.2) is 23.8 Å². The molecule has 25 heavy (non-hydrogen) atoms. The highest BCUT2D eigenvalue weighted by molar-refractivity contribution is 6.01. The molecule has 5 nitrogen and oxygen atoms in total. The number of aliphatic carboxylic acids is 1. The normalized spacial score (nSPS) is 51.4. The molecule has 6 unspecified atom stereocenters. The largest absolute Gasteiger partial charge is 0.479 e. The van der Waals surface area contributed by atoms with Crippen molar-refractivity contribution in [2.24, 2.45) is 28.6 Å². The molecule has 0 aromatic heterocycles. The summed E-state index contributed by atoms with van der Waals surface area (Å²) in [6.45, 7) is 3.93. The fourth-order valence-corrected chi connectivity index (χ4v) is 6.68. The highest BCUT2D eigenvalue weighted by atomic mass is 16.4. The van der Waals surface area contributed by atoms with Gasteiger partial charge in [-0.3, -0.25) is 4.79 Å². The average molecular weight is 346 g/mol. The second kappa shape index (κ2) is 5.04. The molecule has 0 aromatic carbocycles. The second-order valence-corrected chi connectivity index (χ2v) is 8.92.